The number of halogens is 3. The summed E-state index contributed by atoms with van der Waals surface area (Å²) >= 11 is 12.2. The molecule has 2 aromatic carbocycles. The third-order valence-electron chi connectivity index (χ3n) is 4.36. The standard InChI is InChI=1S/C19H13Cl2FN8O2/c1-9(10-2-5-12(22)6-3-10)24-26-19(31)15-16(11-4-7-13(20)14(21)8-11)30(29-25-15)18-17(23)27-32-28-18/h2-8H,1H3,(H2,23,27)(H,26,31). The van der Waals surface area contributed by atoms with E-state index in [9.17, 15) is 9.18 Å². The number of carbonyl (C=O) groups is 1. The lowest BCUT2D eigenvalue weighted by Gasteiger charge is -2.07. The van der Waals surface area contributed by atoms with Crippen LogP contribution in [0.3, 0.4) is 0 Å². The Morgan fingerprint density at radius 3 is 2.56 bits per heavy atom. The first-order valence-corrected chi connectivity index (χ1v) is 9.71. The molecule has 0 aliphatic carbocycles. The minimum atomic E-state index is -0.672. The summed E-state index contributed by atoms with van der Waals surface area (Å²) in [6, 6.07) is 10.4. The van der Waals surface area contributed by atoms with Gasteiger partial charge in [-0.05, 0) is 47.1 Å². The van der Waals surface area contributed by atoms with Gasteiger partial charge in [0.1, 0.15) is 11.5 Å². The highest BCUT2D eigenvalue weighted by atomic mass is 35.5. The topological polar surface area (TPSA) is 137 Å². The molecule has 0 aliphatic rings. The zero-order valence-electron chi connectivity index (χ0n) is 16.3. The van der Waals surface area contributed by atoms with Gasteiger partial charge in [-0.2, -0.15) is 9.78 Å². The van der Waals surface area contributed by atoms with Crippen molar-refractivity contribution < 1.29 is 13.8 Å². The highest BCUT2D eigenvalue weighted by molar-refractivity contribution is 6.42. The molecule has 0 unspecified atom stereocenters. The van der Waals surface area contributed by atoms with Gasteiger partial charge >= 0.3 is 0 Å². The molecule has 0 spiro atoms. The molecule has 4 rings (SSSR count). The van der Waals surface area contributed by atoms with Gasteiger partial charge in [0.05, 0.1) is 15.8 Å². The largest absolute Gasteiger partial charge is 0.378 e. The van der Waals surface area contributed by atoms with Crippen LogP contribution in [0.5, 0.6) is 0 Å². The van der Waals surface area contributed by atoms with Crippen LogP contribution in [-0.4, -0.2) is 36.9 Å². The quantitative estimate of drug-likeness (QED) is 0.333. The number of hydrogen-bond acceptors (Lipinski definition) is 8. The van der Waals surface area contributed by atoms with Crippen LogP contribution in [0.25, 0.3) is 17.1 Å². The van der Waals surface area contributed by atoms with Crippen LogP contribution in [0.1, 0.15) is 23.0 Å². The van der Waals surface area contributed by atoms with Crippen molar-refractivity contribution in [3.05, 3.63) is 69.6 Å². The van der Waals surface area contributed by atoms with Gasteiger partial charge in [0.25, 0.3) is 5.91 Å². The lowest BCUT2D eigenvalue weighted by atomic mass is 10.1. The first-order chi connectivity index (χ1) is 15.3. The third kappa shape index (κ3) is 4.15. The molecule has 2 aromatic heterocycles. The van der Waals surface area contributed by atoms with Gasteiger partial charge < -0.3 is 5.73 Å². The van der Waals surface area contributed by atoms with Gasteiger partial charge in [0.2, 0.25) is 11.6 Å². The van der Waals surface area contributed by atoms with E-state index in [1.54, 1.807) is 19.1 Å². The van der Waals surface area contributed by atoms with E-state index in [4.69, 9.17) is 28.9 Å². The second-order valence-electron chi connectivity index (χ2n) is 6.45. The number of rotatable bonds is 5. The molecule has 0 saturated carbocycles. The molecule has 4 aromatic rings. The Kier molecular flexibility index (Phi) is 5.84. The fourth-order valence-electron chi connectivity index (χ4n) is 2.77. The fourth-order valence-corrected chi connectivity index (χ4v) is 3.06. The normalized spacial score (nSPS) is 11.6. The lowest BCUT2D eigenvalue weighted by molar-refractivity contribution is 0.0950. The molecule has 0 bridgehead atoms. The monoisotopic (exact) mass is 474 g/mol. The maximum Gasteiger partial charge on any atom is 0.294 e. The van der Waals surface area contributed by atoms with Gasteiger partial charge in [0.15, 0.2) is 5.69 Å². The van der Waals surface area contributed by atoms with E-state index < -0.39 is 5.91 Å². The number of hydrazone groups is 1. The number of nitrogens with one attached hydrogen (secondary N) is 1. The SMILES string of the molecule is CC(=NNC(=O)c1nnn(-c2nonc2N)c1-c1ccc(Cl)c(Cl)c1)c1ccc(F)cc1. The average Bonchev–Trinajstić information content (AvgIpc) is 3.40. The summed E-state index contributed by atoms with van der Waals surface area (Å²) < 4.78 is 18.9. The van der Waals surface area contributed by atoms with E-state index in [1.807, 2.05) is 0 Å². The van der Waals surface area contributed by atoms with Crippen molar-refractivity contribution in [2.75, 3.05) is 5.73 Å². The molecule has 1 amide bonds. The molecule has 0 saturated heterocycles. The van der Waals surface area contributed by atoms with Crippen LogP contribution < -0.4 is 11.2 Å². The maximum atomic E-state index is 13.1. The number of nitrogens with zero attached hydrogens (tertiary/aromatic N) is 6. The van der Waals surface area contributed by atoms with Crippen molar-refractivity contribution >= 4 is 40.6 Å². The molecule has 32 heavy (non-hydrogen) atoms. The number of aromatic nitrogens is 5. The number of anilines is 1. The van der Waals surface area contributed by atoms with E-state index >= 15 is 0 Å². The van der Waals surface area contributed by atoms with Crippen molar-refractivity contribution in [2.45, 2.75) is 6.92 Å². The molecule has 10 nitrogen and oxygen atoms in total. The summed E-state index contributed by atoms with van der Waals surface area (Å²) in [5.74, 6) is -1.08. The zero-order chi connectivity index (χ0) is 22.8. The van der Waals surface area contributed by atoms with Gasteiger partial charge in [-0.15, -0.1) is 5.10 Å². The van der Waals surface area contributed by atoms with Gasteiger partial charge in [-0.3, -0.25) is 4.79 Å². The number of nitrogen functional groups attached to an aromatic ring is 1. The first kappa shape index (κ1) is 21.4. The number of hydrogen-bond donors (Lipinski definition) is 2. The van der Waals surface area contributed by atoms with Crippen LogP contribution in [0.15, 0.2) is 52.2 Å². The van der Waals surface area contributed by atoms with E-state index in [-0.39, 0.29) is 33.9 Å². The second-order valence-corrected chi connectivity index (χ2v) is 7.26. The van der Waals surface area contributed by atoms with Crippen LogP contribution in [0.4, 0.5) is 10.2 Å². The predicted molar refractivity (Wildman–Crippen MR) is 115 cm³/mol. The Labute approximate surface area is 189 Å². The Hall–Kier alpha value is -3.83. The smallest absolute Gasteiger partial charge is 0.294 e. The van der Waals surface area contributed by atoms with Crippen molar-refractivity contribution in [3.63, 3.8) is 0 Å². The average molecular weight is 475 g/mol. The summed E-state index contributed by atoms with van der Waals surface area (Å²) in [5, 5.41) is 19.8. The zero-order valence-corrected chi connectivity index (χ0v) is 17.8. The fraction of sp³-hybridized carbons (Fsp3) is 0.0526. The molecular formula is C19H13Cl2FN8O2. The van der Waals surface area contributed by atoms with Crippen LogP contribution in [0, 0.1) is 5.82 Å². The molecule has 0 fully saturated rings. The minimum absolute atomic E-state index is 0.0311. The van der Waals surface area contributed by atoms with Gasteiger partial charge in [-0.1, -0.05) is 46.6 Å². The number of carbonyl (C=O) groups excluding carboxylic acids is 1. The molecule has 162 valence electrons. The van der Waals surface area contributed by atoms with Gasteiger partial charge in [0, 0.05) is 5.56 Å². The predicted octanol–water partition coefficient (Wildman–Crippen LogP) is 3.50. The molecular weight excluding hydrogens is 462 g/mol. The maximum absolute atomic E-state index is 13.1. The highest BCUT2D eigenvalue weighted by Gasteiger charge is 2.25. The van der Waals surface area contributed by atoms with Crippen molar-refractivity contribution in [1.29, 1.82) is 0 Å². The van der Waals surface area contributed by atoms with Crippen LogP contribution >= 0.6 is 23.2 Å². The van der Waals surface area contributed by atoms with E-state index in [0.717, 1.165) is 0 Å². The molecule has 0 aliphatic heterocycles. The molecule has 13 heteroatoms. The van der Waals surface area contributed by atoms with Crippen LogP contribution in [0.2, 0.25) is 10.0 Å². The molecule has 0 radical (unpaired) electrons. The molecule has 0 atom stereocenters. The van der Waals surface area contributed by atoms with E-state index in [0.29, 0.717) is 21.9 Å². The van der Waals surface area contributed by atoms with E-state index in [1.165, 1.54) is 35.0 Å². The summed E-state index contributed by atoms with van der Waals surface area (Å²) in [6.07, 6.45) is 0. The molecule has 3 N–H and O–H groups in total. The number of nitrogens with two attached hydrogens (primary N) is 1. The van der Waals surface area contributed by atoms with Crippen molar-refractivity contribution in [3.8, 4) is 17.1 Å². The highest BCUT2D eigenvalue weighted by Crippen LogP contribution is 2.31. The Morgan fingerprint density at radius 1 is 1.16 bits per heavy atom. The Morgan fingerprint density at radius 2 is 1.91 bits per heavy atom. The summed E-state index contributed by atoms with van der Waals surface area (Å²) in [6.45, 7) is 1.66. The van der Waals surface area contributed by atoms with Gasteiger partial charge in [-0.25, -0.2) is 14.4 Å². The Balaban J connectivity index is 1.73. The lowest BCUT2D eigenvalue weighted by Crippen LogP contribution is -2.21. The summed E-state index contributed by atoms with van der Waals surface area (Å²) in [4.78, 5) is 12.9. The number of amides is 1. The Bertz CT molecular complexity index is 1330. The van der Waals surface area contributed by atoms with E-state index in [2.05, 4.69) is 35.8 Å². The third-order valence-corrected chi connectivity index (χ3v) is 5.10. The summed E-state index contributed by atoms with van der Waals surface area (Å²) in [5.41, 5.74) is 9.83. The second kappa shape index (κ2) is 8.73. The number of benzene rings is 2. The van der Waals surface area contributed by atoms with Crippen molar-refractivity contribution in [1.82, 2.24) is 30.7 Å². The van der Waals surface area contributed by atoms with Crippen LogP contribution in [-0.2, 0) is 0 Å². The molecule has 2 heterocycles. The summed E-state index contributed by atoms with van der Waals surface area (Å²) in [7, 11) is 0. The minimum Gasteiger partial charge on any atom is -0.378 e. The van der Waals surface area contributed by atoms with Crippen molar-refractivity contribution in [2.24, 2.45) is 5.10 Å². The first-order valence-electron chi connectivity index (χ1n) is 8.95.